The van der Waals surface area contributed by atoms with Crippen molar-refractivity contribution in [3.63, 3.8) is 0 Å². The van der Waals surface area contributed by atoms with Gasteiger partial charge in [0.1, 0.15) is 0 Å². The van der Waals surface area contributed by atoms with Crippen LogP contribution in [0.25, 0.3) is 0 Å². The first-order valence-electron chi connectivity index (χ1n) is 8.29. The summed E-state index contributed by atoms with van der Waals surface area (Å²) < 4.78 is 6.54. The number of aryl methyl sites for hydroxylation is 1. The van der Waals surface area contributed by atoms with Crippen LogP contribution in [0.15, 0.2) is 24.3 Å². The van der Waals surface area contributed by atoms with Crippen LogP contribution >= 0.6 is 0 Å². The third-order valence-corrected chi connectivity index (χ3v) is 4.82. The highest BCUT2D eigenvalue weighted by atomic mass is 16.5. The van der Waals surface area contributed by atoms with Crippen LogP contribution in [-0.4, -0.2) is 18.7 Å². The van der Waals surface area contributed by atoms with Gasteiger partial charge in [0.25, 0.3) is 0 Å². The average molecular weight is 273 g/mol. The van der Waals surface area contributed by atoms with Gasteiger partial charge in [0.15, 0.2) is 0 Å². The molecule has 1 N–H and O–H groups in total. The number of hydrogen-bond acceptors (Lipinski definition) is 2. The van der Waals surface area contributed by atoms with Gasteiger partial charge >= 0.3 is 0 Å². The van der Waals surface area contributed by atoms with Gasteiger partial charge in [0.2, 0.25) is 0 Å². The van der Waals surface area contributed by atoms with Crippen molar-refractivity contribution in [1.29, 1.82) is 0 Å². The van der Waals surface area contributed by atoms with Crippen molar-refractivity contribution in [1.82, 2.24) is 5.32 Å². The van der Waals surface area contributed by atoms with Gasteiger partial charge < -0.3 is 10.1 Å². The summed E-state index contributed by atoms with van der Waals surface area (Å²) in [4.78, 5) is 0. The van der Waals surface area contributed by atoms with E-state index in [9.17, 15) is 0 Å². The van der Waals surface area contributed by atoms with Gasteiger partial charge in [0, 0.05) is 13.1 Å². The van der Waals surface area contributed by atoms with E-state index in [4.69, 9.17) is 4.74 Å². The van der Waals surface area contributed by atoms with Crippen LogP contribution in [0, 0.1) is 0 Å². The standard InChI is InChI=1S/C18H27NO/c1-2-6-15-7-9-16(10-8-15)17-13-19-14-18(20-17)11-4-3-5-12-18/h7-10,17,19H,2-6,11-14H2,1H3. The molecule has 1 saturated carbocycles. The van der Waals surface area contributed by atoms with Crippen molar-refractivity contribution in [2.45, 2.75) is 63.6 Å². The zero-order valence-electron chi connectivity index (χ0n) is 12.7. The van der Waals surface area contributed by atoms with E-state index in [0.29, 0.717) is 0 Å². The molecule has 3 rings (SSSR count). The molecule has 1 aromatic carbocycles. The summed E-state index contributed by atoms with van der Waals surface area (Å²) in [6.07, 6.45) is 9.10. The Morgan fingerprint density at radius 1 is 1.15 bits per heavy atom. The molecule has 2 aliphatic rings. The van der Waals surface area contributed by atoms with Crippen LogP contribution in [0.4, 0.5) is 0 Å². The van der Waals surface area contributed by atoms with E-state index in [1.54, 1.807) is 0 Å². The molecular formula is C18H27NO. The van der Waals surface area contributed by atoms with Crippen LogP contribution in [-0.2, 0) is 11.2 Å². The summed E-state index contributed by atoms with van der Waals surface area (Å²) in [5.74, 6) is 0. The van der Waals surface area contributed by atoms with E-state index >= 15 is 0 Å². The highest BCUT2D eigenvalue weighted by Gasteiger charge is 2.38. The van der Waals surface area contributed by atoms with Crippen LogP contribution < -0.4 is 5.32 Å². The Morgan fingerprint density at radius 3 is 2.60 bits per heavy atom. The molecular weight excluding hydrogens is 246 g/mol. The topological polar surface area (TPSA) is 21.3 Å². The summed E-state index contributed by atoms with van der Waals surface area (Å²) in [6, 6.07) is 9.06. The zero-order chi connectivity index (χ0) is 13.8. The zero-order valence-corrected chi connectivity index (χ0v) is 12.7. The van der Waals surface area contributed by atoms with Gasteiger partial charge in [-0.2, -0.15) is 0 Å². The summed E-state index contributed by atoms with van der Waals surface area (Å²) in [5.41, 5.74) is 2.89. The molecule has 2 heteroatoms. The van der Waals surface area contributed by atoms with E-state index in [1.165, 1.54) is 56.1 Å². The Kier molecular flexibility index (Phi) is 4.42. The van der Waals surface area contributed by atoms with Gasteiger partial charge in [-0.25, -0.2) is 0 Å². The highest BCUT2D eigenvalue weighted by Crippen LogP contribution is 2.37. The number of hydrogen-bond donors (Lipinski definition) is 1. The number of nitrogens with one attached hydrogen (secondary N) is 1. The molecule has 1 aliphatic heterocycles. The van der Waals surface area contributed by atoms with Crippen molar-refractivity contribution in [2.24, 2.45) is 0 Å². The van der Waals surface area contributed by atoms with Crippen LogP contribution in [0.1, 0.15) is 62.7 Å². The second-order valence-electron chi connectivity index (χ2n) is 6.47. The third kappa shape index (κ3) is 3.07. The molecule has 1 aromatic rings. The molecule has 1 atom stereocenters. The van der Waals surface area contributed by atoms with Crippen molar-refractivity contribution in [3.05, 3.63) is 35.4 Å². The second kappa shape index (κ2) is 6.28. The fraction of sp³-hybridized carbons (Fsp3) is 0.667. The first-order valence-corrected chi connectivity index (χ1v) is 8.29. The van der Waals surface area contributed by atoms with Crippen molar-refractivity contribution in [2.75, 3.05) is 13.1 Å². The van der Waals surface area contributed by atoms with E-state index < -0.39 is 0 Å². The smallest absolute Gasteiger partial charge is 0.0957 e. The largest absolute Gasteiger partial charge is 0.364 e. The maximum atomic E-state index is 6.54. The lowest BCUT2D eigenvalue weighted by Crippen LogP contribution is -2.51. The molecule has 0 aromatic heterocycles. The summed E-state index contributed by atoms with van der Waals surface area (Å²) in [7, 11) is 0. The molecule has 1 saturated heterocycles. The molecule has 20 heavy (non-hydrogen) atoms. The predicted molar refractivity (Wildman–Crippen MR) is 82.9 cm³/mol. The highest BCUT2D eigenvalue weighted by molar-refractivity contribution is 5.25. The van der Waals surface area contributed by atoms with Gasteiger partial charge in [-0.05, 0) is 30.4 Å². The van der Waals surface area contributed by atoms with E-state index in [-0.39, 0.29) is 11.7 Å². The third-order valence-electron chi connectivity index (χ3n) is 4.82. The monoisotopic (exact) mass is 273 g/mol. The molecule has 2 fully saturated rings. The number of morpholine rings is 1. The molecule has 1 heterocycles. The lowest BCUT2D eigenvalue weighted by atomic mass is 9.83. The maximum Gasteiger partial charge on any atom is 0.0957 e. The molecule has 0 amide bonds. The summed E-state index contributed by atoms with van der Waals surface area (Å²) in [5, 5.41) is 3.61. The minimum Gasteiger partial charge on any atom is -0.364 e. The van der Waals surface area contributed by atoms with Crippen molar-refractivity contribution in [3.8, 4) is 0 Å². The Labute approximate surface area is 122 Å². The lowest BCUT2D eigenvalue weighted by molar-refractivity contribution is -0.135. The van der Waals surface area contributed by atoms with Gasteiger partial charge in [-0.3, -0.25) is 0 Å². The van der Waals surface area contributed by atoms with Crippen LogP contribution in [0.3, 0.4) is 0 Å². The normalized spacial score (nSPS) is 25.8. The molecule has 2 nitrogen and oxygen atoms in total. The fourth-order valence-electron chi connectivity index (χ4n) is 3.68. The van der Waals surface area contributed by atoms with Gasteiger partial charge in [0.05, 0.1) is 11.7 Å². The second-order valence-corrected chi connectivity index (χ2v) is 6.47. The average Bonchev–Trinajstić information content (AvgIpc) is 2.49. The van der Waals surface area contributed by atoms with E-state index in [1.807, 2.05) is 0 Å². The Morgan fingerprint density at radius 2 is 1.90 bits per heavy atom. The predicted octanol–water partition coefficient (Wildman–Crippen LogP) is 4.00. The van der Waals surface area contributed by atoms with Gasteiger partial charge in [-0.1, -0.05) is 56.9 Å². The van der Waals surface area contributed by atoms with Crippen molar-refractivity contribution < 1.29 is 4.74 Å². The lowest BCUT2D eigenvalue weighted by Gasteiger charge is -2.44. The number of ether oxygens (including phenoxy) is 1. The molecule has 0 bridgehead atoms. The maximum absolute atomic E-state index is 6.54. The van der Waals surface area contributed by atoms with Crippen molar-refractivity contribution >= 4 is 0 Å². The minimum absolute atomic E-state index is 0.114. The number of benzene rings is 1. The van der Waals surface area contributed by atoms with Crippen LogP contribution in [0.2, 0.25) is 0 Å². The fourth-order valence-corrected chi connectivity index (χ4v) is 3.68. The molecule has 1 unspecified atom stereocenters. The molecule has 0 radical (unpaired) electrons. The first-order chi connectivity index (χ1) is 9.81. The van der Waals surface area contributed by atoms with E-state index in [2.05, 4.69) is 36.5 Å². The van der Waals surface area contributed by atoms with Gasteiger partial charge in [-0.15, -0.1) is 0 Å². The minimum atomic E-state index is 0.114. The Bertz CT molecular complexity index is 414. The van der Waals surface area contributed by atoms with Crippen LogP contribution in [0.5, 0.6) is 0 Å². The molecule has 1 spiro atoms. The Hall–Kier alpha value is -0.860. The summed E-state index contributed by atoms with van der Waals surface area (Å²) in [6.45, 7) is 4.22. The molecule has 110 valence electrons. The molecule has 1 aliphatic carbocycles. The number of rotatable bonds is 3. The van der Waals surface area contributed by atoms with E-state index in [0.717, 1.165) is 13.1 Å². The summed E-state index contributed by atoms with van der Waals surface area (Å²) >= 11 is 0. The Balaban J connectivity index is 1.69. The quantitative estimate of drug-likeness (QED) is 0.898. The SMILES string of the molecule is CCCc1ccc(C2CNCC3(CCCCC3)O2)cc1. The first kappa shape index (κ1) is 14.1.